The van der Waals surface area contributed by atoms with Crippen molar-refractivity contribution in [1.29, 1.82) is 5.26 Å². The maximum atomic E-state index is 12.2. The Bertz CT molecular complexity index is 367. The number of alkyl halides is 2. The molecular formula is C9H8F2N2. The number of rotatable bonds is 1. The Morgan fingerprint density at radius 2 is 2.08 bits per heavy atom. The van der Waals surface area contributed by atoms with Crippen LogP contribution in [0.4, 0.5) is 14.5 Å². The first-order valence-electron chi connectivity index (χ1n) is 3.64. The third-order valence-electron chi connectivity index (χ3n) is 1.78. The molecule has 68 valence electrons. The Balaban J connectivity index is 3.32. The maximum absolute atomic E-state index is 12.2. The number of nitrogens with two attached hydrogens (primary N) is 1. The van der Waals surface area contributed by atoms with Crippen LogP contribution in [0.2, 0.25) is 0 Å². The van der Waals surface area contributed by atoms with Crippen molar-refractivity contribution in [3.05, 3.63) is 28.8 Å². The minimum absolute atomic E-state index is 0.107. The molecule has 0 amide bonds. The Morgan fingerprint density at radius 1 is 1.46 bits per heavy atom. The second-order valence-electron chi connectivity index (χ2n) is 2.71. The fraction of sp³-hybridized carbons (Fsp3) is 0.222. The highest BCUT2D eigenvalue weighted by Gasteiger charge is 2.11. The van der Waals surface area contributed by atoms with Gasteiger partial charge in [0.15, 0.2) is 0 Å². The van der Waals surface area contributed by atoms with E-state index in [2.05, 4.69) is 0 Å². The van der Waals surface area contributed by atoms with Crippen LogP contribution in [0.15, 0.2) is 12.1 Å². The summed E-state index contributed by atoms with van der Waals surface area (Å²) in [6.45, 7) is 1.60. The third kappa shape index (κ3) is 1.75. The van der Waals surface area contributed by atoms with Crippen LogP contribution in [0.3, 0.4) is 0 Å². The topological polar surface area (TPSA) is 49.8 Å². The summed E-state index contributed by atoms with van der Waals surface area (Å²) in [6.07, 6.45) is -2.56. The minimum Gasteiger partial charge on any atom is -0.397 e. The van der Waals surface area contributed by atoms with E-state index in [0.717, 1.165) is 6.07 Å². The van der Waals surface area contributed by atoms with Gasteiger partial charge in [-0.3, -0.25) is 0 Å². The molecule has 0 atom stereocenters. The predicted molar refractivity (Wildman–Crippen MR) is 45.3 cm³/mol. The van der Waals surface area contributed by atoms with E-state index in [4.69, 9.17) is 11.0 Å². The monoisotopic (exact) mass is 182 g/mol. The van der Waals surface area contributed by atoms with Crippen molar-refractivity contribution in [1.82, 2.24) is 0 Å². The third-order valence-corrected chi connectivity index (χ3v) is 1.78. The van der Waals surface area contributed by atoms with E-state index in [1.807, 2.05) is 0 Å². The van der Waals surface area contributed by atoms with Gasteiger partial charge in [-0.05, 0) is 24.6 Å². The van der Waals surface area contributed by atoms with Crippen LogP contribution in [-0.2, 0) is 0 Å². The van der Waals surface area contributed by atoms with E-state index in [9.17, 15) is 8.78 Å². The zero-order valence-electron chi connectivity index (χ0n) is 7.01. The van der Waals surface area contributed by atoms with Crippen molar-refractivity contribution < 1.29 is 8.78 Å². The van der Waals surface area contributed by atoms with Gasteiger partial charge in [0.2, 0.25) is 0 Å². The molecule has 0 saturated heterocycles. The van der Waals surface area contributed by atoms with Crippen LogP contribution in [0.1, 0.15) is 23.1 Å². The van der Waals surface area contributed by atoms with Gasteiger partial charge in [-0.25, -0.2) is 8.78 Å². The number of hydrogen-bond acceptors (Lipinski definition) is 2. The first-order chi connectivity index (χ1) is 6.06. The lowest BCUT2D eigenvalue weighted by Crippen LogP contribution is -1.97. The fourth-order valence-corrected chi connectivity index (χ4v) is 1.04. The molecule has 2 N–H and O–H groups in total. The molecule has 4 heteroatoms. The second kappa shape index (κ2) is 3.40. The fourth-order valence-electron chi connectivity index (χ4n) is 1.04. The lowest BCUT2D eigenvalue weighted by molar-refractivity contribution is 0.151. The quantitative estimate of drug-likeness (QED) is 0.678. The van der Waals surface area contributed by atoms with Crippen LogP contribution in [-0.4, -0.2) is 0 Å². The van der Waals surface area contributed by atoms with Gasteiger partial charge in [-0.15, -0.1) is 0 Å². The first-order valence-corrected chi connectivity index (χ1v) is 3.64. The number of benzene rings is 1. The molecule has 1 aromatic rings. The van der Waals surface area contributed by atoms with Crippen LogP contribution in [0, 0.1) is 18.3 Å². The summed E-state index contributed by atoms with van der Waals surface area (Å²) in [5, 5.41) is 8.57. The molecule has 0 aromatic heterocycles. The molecule has 0 radical (unpaired) electrons. The van der Waals surface area contributed by atoms with E-state index in [1.165, 1.54) is 6.07 Å². The number of nitrogens with zero attached hydrogens (tertiary/aromatic N) is 1. The van der Waals surface area contributed by atoms with Crippen molar-refractivity contribution in [3.63, 3.8) is 0 Å². The maximum Gasteiger partial charge on any atom is 0.263 e. The molecule has 0 aliphatic carbocycles. The number of nitrogen functional groups attached to an aromatic ring is 1. The molecular weight excluding hydrogens is 174 g/mol. The number of hydrogen-bond donors (Lipinski definition) is 1. The Morgan fingerprint density at radius 3 is 2.54 bits per heavy atom. The van der Waals surface area contributed by atoms with Crippen LogP contribution < -0.4 is 5.73 Å². The Kier molecular flexibility index (Phi) is 2.47. The van der Waals surface area contributed by atoms with E-state index >= 15 is 0 Å². The van der Waals surface area contributed by atoms with Crippen molar-refractivity contribution >= 4 is 5.69 Å². The van der Waals surface area contributed by atoms with Gasteiger partial charge in [-0.2, -0.15) is 5.26 Å². The summed E-state index contributed by atoms with van der Waals surface area (Å²) in [5.74, 6) is 0. The van der Waals surface area contributed by atoms with Gasteiger partial charge < -0.3 is 5.73 Å². The first kappa shape index (κ1) is 9.46. The molecule has 2 nitrogen and oxygen atoms in total. The largest absolute Gasteiger partial charge is 0.397 e. The standard InChI is InChI=1S/C9H8F2N2/c1-5-2-6(9(10)11)3-7(4-12)8(5)13/h2-3,9H,13H2,1H3. The summed E-state index contributed by atoms with van der Waals surface area (Å²) in [5.41, 5.74) is 6.22. The van der Waals surface area contributed by atoms with E-state index in [0.29, 0.717) is 5.56 Å². The normalized spacial score (nSPS) is 10.1. The number of aryl methyl sites for hydroxylation is 1. The lowest BCUT2D eigenvalue weighted by atomic mass is 10.0. The predicted octanol–water partition coefficient (Wildman–Crippen LogP) is 2.39. The lowest BCUT2D eigenvalue weighted by Gasteiger charge is -2.05. The molecule has 0 unspecified atom stereocenters. The molecule has 0 fully saturated rings. The average molecular weight is 182 g/mol. The number of nitriles is 1. The highest BCUT2D eigenvalue weighted by molar-refractivity contribution is 5.60. The van der Waals surface area contributed by atoms with Crippen molar-refractivity contribution in [2.45, 2.75) is 13.3 Å². The van der Waals surface area contributed by atoms with Crippen LogP contribution in [0.5, 0.6) is 0 Å². The summed E-state index contributed by atoms with van der Waals surface area (Å²) >= 11 is 0. The summed E-state index contributed by atoms with van der Waals surface area (Å²) in [6, 6.07) is 4.18. The van der Waals surface area contributed by atoms with E-state index < -0.39 is 6.43 Å². The average Bonchev–Trinajstić information content (AvgIpc) is 2.09. The van der Waals surface area contributed by atoms with Gasteiger partial charge >= 0.3 is 0 Å². The summed E-state index contributed by atoms with van der Waals surface area (Å²) in [4.78, 5) is 0. The van der Waals surface area contributed by atoms with E-state index in [-0.39, 0.29) is 16.8 Å². The molecule has 1 rings (SSSR count). The molecule has 1 aromatic carbocycles. The summed E-state index contributed by atoms with van der Waals surface area (Å²) in [7, 11) is 0. The zero-order chi connectivity index (χ0) is 10.0. The Hall–Kier alpha value is -1.63. The number of anilines is 1. The molecule has 0 heterocycles. The van der Waals surface area contributed by atoms with Crippen molar-refractivity contribution in [2.24, 2.45) is 0 Å². The van der Waals surface area contributed by atoms with Crippen molar-refractivity contribution in [3.8, 4) is 6.07 Å². The van der Waals surface area contributed by atoms with Crippen LogP contribution >= 0.6 is 0 Å². The molecule has 0 aliphatic heterocycles. The van der Waals surface area contributed by atoms with E-state index in [1.54, 1.807) is 13.0 Å². The molecule has 0 spiro atoms. The highest BCUT2D eigenvalue weighted by atomic mass is 19.3. The SMILES string of the molecule is Cc1cc(C(F)F)cc(C#N)c1N. The second-order valence-corrected chi connectivity index (χ2v) is 2.71. The minimum atomic E-state index is -2.56. The van der Waals surface area contributed by atoms with Gasteiger partial charge in [0.1, 0.15) is 6.07 Å². The molecule has 0 bridgehead atoms. The van der Waals surface area contributed by atoms with Gasteiger partial charge in [0, 0.05) is 5.56 Å². The van der Waals surface area contributed by atoms with Gasteiger partial charge in [-0.1, -0.05) is 0 Å². The number of halogens is 2. The highest BCUT2D eigenvalue weighted by Crippen LogP contribution is 2.25. The molecule has 0 aliphatic rings. The van der Waals surface area contributed by atoms with Crippen LogP contribution in [0.25, 0.3) is 0 Å². The smallest absolute Gasteiger partial charge is 0.263 e. The van der Waals surface area contributed by atoms with Gasteiger partial charge in [0.25, 0.3) is 6.43 Å². The molecule has 0 saturated carbocycles. The summed E-state index contributed by atoms with van der Waals surface area (Å²) < 4.78 is 24.5. The zero-order valence-corrected chi connectivity index (χ0v) is 7.01. The molecule has 13 heavy (non-hydrogen) atoms. The van der Waals surface area contributed by atoms with Crippen molar-refractivity contribution in [2.75, 3.05) is 5.73 Å². The Labute approximate surface area is 74.6 Å². The van der Waals surface area contributed by atoms with Gasteiger partial charge in [0.05, 0.1) is 11.3 Å².